The second-order valence-corrected chi connectivity index (χ2v) is 4.74. The monoisotopic (exact) mass is 280 g/mol. The molecule has 1 heterocycles. The molecule has 1 N–H and O–H groups in total. The van der Waals surface area contributed by atoms with Crippen LogP contribution in [-0.4, -0.2) is 12.3 Å². The number of nitriles is 1. The Kier molecular flexibility index (Phi) is 3.90. The maximum atomic E-state index is 12.3. The van der Waals surface area contributed by atoms with Gasteiger partial charge in [0, 0.05) is 12.2 Å². The molecule has 3 nitrogen and oxygen atoms in total. The molecule has 18 heavy (non-hydrogen) atoms. The summed E-state index contributed by atoms with van der Waals surface area (Å²) in [6, 6.07) is 6.78. The van der Waals surface area contributed by atoms with Gasteiger partial charge in [-0.1, -0.05) is 29.3 Å². The van der Waals surface area contributed by atoms with Crippen molar-refractivity contribution in [2.24, 2.45) is 0 Å². The molecular weight excluding hydrogens is 271 g/mol. The summed E-state index contributed by atoms with van der Waals surface area (Å²) >= 11 is 11.9. The highest BCUT2D eigenvalue weighted by molar-refractivity contribution is 6.41. The zero-order valence-electron chi connectivity index (χ0n) is 9.46. The summed E-state index contributed by atoms with van der Waals surface area (Å²) in [6.07, 6.45) is 1.63. The van der Waals surface area contributed by atoms with E-state index in [4.69, 9.17) is 28.5 Å². The van der Waals surface area contributed by atoms with E-state index in [0.29, 0.717) is 12.1 Å². The molecule has 1 aromatic rings. The van der Waals surface area contributed by atoms with Crippen LogP contribution in [0.1, 0.15) is 23.2 Å². The minimum Gasteiger partial charge on any atom is -0.387 e. The summed E-state index contributed by atoms with van der Waals surface area (Å²) in [4.78, 5) is 12.3. The van der Waals surface area contributed by atoms with Crippen molar-refractivity contribution in [3.63, 3.8) is 0 Å². The Morgan fingerprint density at radius 1 is 1.33 bits per heavy atom. The van der Waals surface area contributed by atoms with Crippen LogP contribution >= 0.6 is 23.2 Å². The van der Waals surface area contributed by atoms with Gasteiger partial charge in [0.2, 0.25) is 5.78 Å². The maximum absolute atomic E-state index is 12.3. The second-order valence-electron chi connectivity index (χ2n) is 3.92. The molecule has 0 unspecified atom stereocenters. The highest BCUT2D eigenvalue weighted by Crippen LogP contribution is 2.28. The molecule has 1 aromatic carbocycles. The summed E-state index contributed by atoms with van der Waals surface area (Å²) in [5.74, 6) is -0.419. The van der Waals surface area contributed by atoms with Crippen LogP contribution in [0.25, 0.3) is 0 Å². The molecule has 0 aromatic heterocycles. The number of Topliss-reactive ketones (excluding diaryl/α,β-unsaturated/α-hetero) is 1. The standard InChI is InChI=1S/C13H10Cl2N2O/c14-9-3-1-4-10(15)12(9)13(18)8(7-16)11-5-2-6-17-11/h1,3-4,17H,2,5-6H2/b11-8+. The quantitative estimate of drug-likeness (QED) is 0.514. The molecule has 1 fully saturated rings. The lowest BCUT2D eigenvalue weighted by Crippen LogP contribution is -2.13. The van der Waals surface area contributed by atoms with Crippen LogP contribution in [0.4, 0.5) is 0 Å². The Bertz CT molecular complexity index is 545. The predicted octanol–water partition coefficient (Wildman–Crippen LogP) is 3.34. The molecule has 1 aliphatic heterocycles. The van der Waals surface area contributed by atoms with Gasteiger partial charge in [-0.2, -0.15) is 5.26 Å². The van der Waals surface area contributed by atoms with Crippen molar-refractivity contribution in [2.45, 2.75) is 12.8 Å². The number of allylic oxidation sites excluding steroid dienone is 2. The third kappa shape index (κ3) is 2.35. The Morgan fingerprint density at radius 2 is 2.00 bits per heavy atom. The average Bonchev–Trinajstić information content (AvgIpc) is 2.83. The molecule has 0 bridgehead atoms. The van der Waals surface area contributed by atoms with E-state index in [9.17, 15) is 4.79 Å². The van der Waals surface area contributed by atoms with E-state index < -0.39 is 5.78 Å². The van der Waals surface area contributed by atoms with Crippen molar-refractivity contribution in [3.05, 3.63) is 45.1 Å². The summed E-state index contributed by atoms with van der Waals surface area (Å²) in [6.45, 7) is 0.782. The molecule has 1 saturated heterocycles. The lowest BCUT2D eigenvalue weighted by Gasteiger charge is -2.07. The number of hydrogen-bond acceptors (Lipinski definition) is 3. The smallest absolute Gasteiger partial charge is 0.208 e. The van der Waals surface area contributed by atoms with Gasteiger partial charge in [0.1, 0.15) is 11.6 Å². The first-order valence-corrected chi connectivity index (χ1v) is 6.26. The largest absolute Gasteiger partial charge is 0.387 e. The van der Waals surface area contributed by atoms with Crippen molar-refractivity contribution in [1.29, 1.82) is 5.26 Å². The van der Waals surface area contributed by atoms with Crippen LogP contribution in [0, 0.1) is 11.3 Å². The van der Waals surface area contributed by atoms with E-state index in [1.165, 1.54) is 0 Å². The number of hydrogen-bond donors (Lipinski definition) is 1. The molecule has 2 rings (SSSR count). The fourth-order valence-electron chi connectivity index (χ4n) is 1.90. The van der Waals surface area contributed by atoms with Crippen LogP contribution < -0.4 is 5.32 Å². The predicted molar refractivity (Wildman–Crippen MR) is 70.7 cm³/mol. The molecule has 0 atom stereocenters. The van der Waals surface area contributed by atoms with E-state index >= 15 is 0 Å². The van der Waals surface area contributed by atoms with Crippen molar-refractivity contribution in [2.75, 3.05) is 6.54 Å². The molecule has 0 radical (unpaired) electrons. The molecule has 0 amide bonds. The first-order chi connectivity index (χ1) is 8.65. The van der Waals surface area contributed by atoms with Crippen LogP contribution in [0.3, 0.4) is 0 Å². The number of halogens is 2. The lowest BCUT2D eigenvalue weighted by molar-refractivity contribution is 0.103. The van der Waals surface area contributed by atoms with E-state index in [1.54, 1.807) is 18.2 Å². The highest BCUT2D eigenvalue weighted by atomic mass is 35.5. The number of rotatable bonds is 2. The van der Waals surface area contributed by atoms with Gasteiger partial charge in [0.25, 0.3) is 0 Å². The fraction of sp³-hybridized carbons (Fsp3) is 0.231. The lowest BCUT2D eigenvalue weighted by atomic mass is 10.0. The van der Waals surface area contributed by atoms with Gasteiger partial charge in [-0.05, 0) is 25.0 Å². The molecule has 5 heteroatoms. The van der Waals surface area contributed by atoms with E-state index in [0.717, 1.165) is 13.0 Å². The van der Waals surface area contributed by atoms with Gasteiger partial charge in [-0.15, -0.1) is 0 Å². The third-order valence-electron chi connectivity index (χ3n) is 2.77. The van der Waals surface area contributed by atoms with E-state index in [2.05, 4.69) is 5.32 Å². The first kappa shape index (κ1) is 12.9. The third-order valence-corrected chi connectivity index (χ3v) is 3.40. The van der Waals surface area contributed by atoms with Gasteiger partial charge < -0.3 is 5.32 Å². The number of benzene rings is 1. The number of nitrogens with one attached hydrogen (secondary N) is 1. The van der Waals surface area contributed by atoms with Crippen molar-refractivity contribution in [3.8, 4) is 6.07 Å². The number of ketones is 1. The molecular formula is C13H10Cl2N2O. The summed E-state index contributed by atoms with van der Waals surface area (Å²) in [7, 11) is 0. The van der Waals surface area contributed by atoms with E-state index in [-0.39, 0.29) is 21.2 Å². The minimum absolute atomic E-state index is 0.0995. The summed E-state index contributed by atoms with van der Waals surface area (Å²) in [5, 5.41) is 12.7. The molecule has 92 valence electrons. The molecule has 0 aliphatic carbocycles. The van der Waals surface area contributed by atoms with Crippen molar-refractivity contribution >= 4 is 29.0 Å². The normalized spacial score (nSPS) is 16.9. The molecule has 1 aliphatic rings. The topological polar surface area (TPSA) is 52.9 Å². The zero-order chi connectivity index (χ0) is 13.1. The van der Waals surface area contributed by atoms with E-state index in [1.807, 2.05) is 6.07 Å². The van der Waals surface area contributed by atoms with Gasteiger partial charge in [0.15, 0.2) is 0 Å². The molecule has 0 spiro atoms. The number of carbonyl (C=O) groups is 1. The van der Waals surface area contributed by atoms with Crippen LogP contribution in [0.15, 0.2) is 29.5 Å². The second kappa shape index (κ2) is 5.43. The minimum atomic E-state index is -0.419. The first-order valence-electron chi connectivity index (χ1n) is 5.51. The highest BCUT2D eigenvalue weighted by Gasteiger charge is 2.23. The Morgan fingerprint density at radius 3 is 2.50 bits per heavy atom. The summed E-state index contributed by atoms with van der Waals surface area (Å²) in [5.41, 5.74) is 0.972. The maximum Gasteiger partial charge on any atom is 0.208 e. The Hall–Kier alpha value is -1.50. The van der Waals surface area contributed by atoms with Crippen LogP contribution in [0.5, 0.6) is 0 Å². The Balaban J connectivity index is 2.49. The number of nitrogens with zero attached hydrogens (tertiary/aromatic N) is 1. The Labute approximate surface area is 115 Å². The molecule has 0 saturated carbocycles. The van der Waals surface area contributed by atoms with Gasteiger partial charge >= 0.3 is 0 Å². The van der Waals surface area contributed by atoms with Gasteiger partial charge in [-0.25, -0.2) is 0 Å². The zero-order valence-corrected chi connectivity index (χ0v) is 11.0. The van der Waals surface area contributed by atoms with Gasteiger partial charge in [-0.3, -0.25) is 4.79 Å². The summed E-state index contributed by atoms with van der Waals surface area (Å²) < 4.78 is 0. The fourth-order valence-corrected chi connectivity index (χ4v) is 2.47. The average molecular weight is 281 g/mol. The van der Waals surface area contributed by atoms with Crippen LogP contribution in [0.2, 0.25) is 10.0 Å². The van der Waals surface area contributed by atoms with Gasteiger partial charge in [0.05, 0.1) is 15.6 Å². The number of carbonyl (C=O) groups excluding carboxylic acids is 1. The van der Waals surface area contributed by atoms with Crippen molar-refractivity contribution in [1.82, 2.24) is 5.32 Å². The van der Waals surface area contributed by atoms with Crippen molar-refractivity contribution < 1.29 is 4.79 Å². The SMILES string of the molecule is N#C/C(C(=O)c1c(Cl)cccc1Cl)=C1/CCCN1. The van der Waals surface area contributed by atoms with Crippen LogP contribution in [-0.2, 0) is 0 Å².